The van der Waals surface area contributed by atoms with Crippen molar-refractivity contribution in [2.45, 2.75) is 18.9 Å². The highest BCUT2D eigenvalue weighted by atomic mass is 32.2. The summed E-state index contributed by atoms with van der Waals surface area (Å²) in [5.74, 6) is 0.337. The van der Waals surface area contributed by atoms with E-state index in [0.29, 0.717) is 12.3 Å². The molecule has 2 N–H and O–H groups in total. The number of sulfone groups is 1. The van der Waals surface area contributed by atoms with Gasteiger partial charge in [-0.1, -0.05) is 0 Å². The lowest BCUT2D eigenvalue weighted by Crippen LogP contribution is -2.36. The topological polar surface area (TPSA) is 75.3 Å². The van der Waals surface area contributed by atoms with E-state index < -0.39 is 9.84 Å². The molecule has 5 nitrogen and oxygen atoms in total. The minimum absolute atomic E-state index is 0.00164. The number of carbonyl (C=O) groups excluding carboxylic acids is 1. The van der Waals surface area contributed by atoms with Crippen molar-refractivity contribution < 1.29 is 13.2 Å². The molecule has 2 rings (SSSR count). The van der Waals surface area contributed by atoms with E-state index in [1.54, 1.807) is 6.08 Å². The van der Waals surface area contributed by atoms with Gasteiger partial charge in [0, 0.05) is 11.8 Å². The zero-order chi connectivity index (χ0) is 11.6. The number of hydrogen-bond acceptors (Lipinski definition) is 4. The van der Waals surface area contributed by atoms with E-state index in [-0.39, 0.29) is 17.7 Å². The normalized spacial score (nSPS) is 31.8. The van der Waals surface area contributed by atoms with Crippen LogP contribution in [0.2, 0.25) is 0 Å². The molecule has 1 fully saturated rings. The molecule has 0 aromatic heterocycles. The highest BCUT2D eigenvalue weighted by Crippen LogP contribution is 2.13. The van der Waals surface area contributed by atoms with Gasteiger partial charge in [0.05, 0.1) is 11.8 Å². The molecular weight excluding hydrogens is 228 g/mol. The predicted molar refractivity (Wildman–Crippen MR) is 60.5 cm³/mol. The van der Waals surface area contributed by atoms with E-state index >= 15 is 0 Å². The average Bonchev–Trinajstić information content (AvgIpc) is 2.76. The molecule has 2 unspecified atom stereocenters. The number of rotatable bonds is 3. The van der Waals surface area contributed by atoms with Gasteiger partial charge in [0.1, 0.15) is 0 Å². The fraction of sp³-hybridized carbons (Fsp3) is 0.700. The molecule has 2 atom stereocenters. The molecule has 0 saturated carbocycles. The lowest BCUT2D eigenvalue weighted by atomic mass is 10.0. The molecule has 1 saturated heterocycles. The molecular formula is C10H16N2O3S. The van der Waals surface area contributed by atoms with Gasteiger partial charge in [-0.25, -0.2) is 8.42 Å². The van der Waals surface area contributed by atoms with Crippen molar-refractivity contribution in [3.63, 3.8) is 0 Å². The smallest absolute Gasteiger partial charge is 0.220 e. The number of amides is 1. The lowest BCUT2D eigenvalue weighted by molar-refractivity contribution is -0.122. The number of hydrogen-bond donors (Lipinski definition) is 2. The van der Waals surface area contributed by atoms with E-state index in [1.165, 1.54) is 5.41 Å². The van der Waals surface area contributed by atoms with Crippen LogP contribution in [-0.2, 0) is 14.6 Å². The van der Waals surface area contributed by atoms with Crippen LogP contribution >= 0.6 is 0 Å². The van der Waals surface area contributed by atoms with Crippen LogP contribution in [0.3, 0.4) is 0 Å². The molecule has 6 heteroatoms. The maximum Gasteiger partial charge on any atom is 0.220 e. The first kappa shape index (κ1) is 11.6. The standard InChI is InChI=1S/C10H16N2O3S/c13-10(5-8-1-3-11-6-8)12-9-2-4-16(14,15)7-9/h2,4,8-9,11H,1,3,5-7H2,(H,12,13). The summed E-state index contributed by atoms with van der Waals surface area (Å²) in [7, 11) is -3.08. The van der Waals surface area contributed by atoms with Gasteiger partial charge in [0.25, 0.3) is 0 Å². The monoisotopic (exact) mass is 244 g/mol. The third kappa shape index (κ3) is 3.05. The highest BCUT2D eigenvalue weighted by Gasteiger charge is 2.24. The van der Waals surface area contributed by atoms with Gasteiger partial charge in [0.2, 0.25) is 5.91 Å². The second kappa shape index (κ2) is 4.55. The maximum atomic E-state index is 11.6. The van der Waals surface area contributed by atoms with Crippen LogP contribution in [0, 0.1) is 5.92 Å². The minimum atomic E-state index is -3.08. The van der Waals surface area contributed by atoms with Gasteiger partial charge in [0.15, 0.2) is 9.84 Å². The Hall–Kier alpha value is -0.880. The number of carbonyl (C=O) groups is 1. The van der Waals surface area contributed by atoms with Gasteiger partial charge >= 0.3 is 0 Å². The van der Waals surface area contributed by atoms with Crippen LogP contribution in [0.5, 0.6) is 0 Å². The van der Waals surface area contributed by atoms with Gasteiger partial charge in [-0.3, -0.25) is 4.79 Å². The Morgan fingerprint density at radius 3 is 2.88 bits per heavy atom. The van der Waals surface area contributed by atoms with Crippen LogP contribution in [-0.4, -0.2) is 39.2 Å². The molecule has 0 aromatic carbocycles. The summed E-state index contributed by atoms with van der Waals surface area (Å²) in [6.07, 6.45) is 3.05. The summed E-state index contributed by atoms with van der Waals surface area (Å²) >= 11 is 0. The molecule has 0 radical (unpaired) electrons. The first-order chi connectivity index (χ1) is 7.55. The summed E-state index contributed by atoms with van der Waals surface area (Å²) in [6, 6.07) is -0.341. The quantitative estimate of drug-likeness (QED) is 0.696. The fourth-order valence-electron chi connectivity index (χ4n) is 2.08. The molecule has 1 amide bonds. The Morgan fingerprint density at radius 2 is 2.31 bits per heavy atom. The van der Waals surface area contributed by atoms with Crippen LogP contribution < -0.4 is 10.6 Å². The molecule has 0 spiro atoms. The van der Waals surface area contributed by atoms with Crippen molar-refractivity contribution in [1.82, 2.24) is 10.6 Å². The Bertz CT molecular complexity index is 396. The summed E-state index contributed by atoms with van der Waals surface area (Å²) in [6.45, 7) is 1.85. The van der Waals surface area contributed by atoms with Crippen LogP contribution in [0.25, 0.3) is 0 Å². The summed E-state index contributed by atoms with van der Waals surface area (Å²) in [5, 5.41) is 7.10. The molecule has 2 aliphatic heterocycles. The van der Waals surface area contributed by atoms with Crippen LogP contribution in [0.1, 0.15) is 12.8 Å². The van der Waals surface area contributed by atoms with Gasteiger partial charge in [-0.05, 0) is 31.5 Å². The van der Waals surface area contributed by atoms with Gasteiger partial charge < -0.3 is 10.6 Å². The Kier molecular flexibility index (Phi) is 3.30. The molecule has 0 aliphatic carbocycles. The fourth-order valence-corrected chi connectivity index (χ4v) is 3.32. The van der Waals surface area contributed by atoms with Crippen LogP contribution in [0.4, 0.5) is 0 Å². The summed E-state index contributed by atoms with van der Waals surface area (Å²) in [4.78, 5) is 11.6. The van der Waals surface area contributed by atoms with Crippen molar-refractivity contribution >= 4 is 15.7 Å². The zero-order valence-electron chi connectivity index (χ0n) is 8.98. The minimum Gasteiger partial charge on any atom is -0.349 e. The zero-order valence-corrected chi connectivity index (χ0v) is 9.79. The Balaban J connectivity index is 1.78. The van der Waals surface area contributed by atoms with Crippen molar-refractivity contribution in [3.05, 3.63) is 11.5 Å². The first-order valence-corrected chi connectivity index (χ1v) is 7.18. The molecule has 0 aromatic rings. The number of nitrogens with one attached hydrogen (secondary N) is 2. The molecule has 90 valence electrons. The van der Waals surface area contributed by atoms with Gasteiger partial charge in [-0.15, -0.1) is 0 Å². The van der Waals surface area contributed by atoms with Crippen molar-refractivity contribution in [1.29, 1.82) is 0 Å². The van der Waals surface area contributed by atoms with Crippen molar-refractivity contribution in [2.24, 2.45) is 5.92 Å². The van der Waals surface area contributed by atoms with E-state index in [4.69, 9.17) is 0 Å². The first-order valence-electron chi connectivity index (χ1n) is 5.46. The van der Waals surface area contributed by atoms with Crippen LogP contribution in [0.15, 0.2) is 11.5 Å². The van der Waals surface area contributed by atoms with Crippen molar-refractivity contribution in [3.8, 4) is 0 Å². The SMILES string of the molecule is O=C(CC1CCNC1)NC1C=CS(=O)(=O)C1. The van der Waals surface area contributed by atoms with Gasteiger partial charge in [-0.2, -0.15) is 0 Å². The third-order valence-corrected chi connectivity index (χ3v) is 4.31. The van der Waals surface area contributed by atoms with E-state index in [2.05, 4.69) is 10.6 Å². The largest absolute Gasteiger partial charge is 0.349 e. The predicted octanol–water partition coefficient (Wildman–Crippen LogP) is -0.587. The van der Waals surface area contributed by atoms with E-state index in [0.717, 1.165) is 19.5 Å². The maximum absolute atomic E-state index is 11.6. The Morgan fingerprint density at radius 1 is 1.50 bits per heavy atom. The highest BCUT2D eigenvalue weighted by molar-refractivity contribution is 7.94. The second-order valence-electron chi connectivity index (χ2n) is 4.40. The lowest BCUT2D eigenvalue weighted by Gasteiger charge is -2.12. The Labute approximate surface area is 95.2 Å². The average molecular weight is 244 g/mol. The third-order valence-electron chi connectivity index (χ3n) is 2.91. The summed E-state index contributed by atoms with van der Waals surface area (Å²) < 4.78 is 22.2. The molecule has 2 heterocycles. The summed E-state index contributed by atoms with van der Waals surface area (Å²) in [5.41, 5.74) is 0. The van der Waals surface area contributed by atoms with E-state index in [9.17, 15) is 13.2 Å². The van der Waals surface area contributed by atoms with Crippen molar-refractivity contribution in [2.75, 3.05) is 18.8 Å². The molecule has 16 heavy (non-hydrogen) atoms. The second-order valence-corrected chi connectivity index (χ2v) is 6.33. The molecule has 2 aliphatic rings. The molecule has 0 bridgehead atoms. The van der Waals surface area contributed by atoms with E-state index in [1.807, 2.05) is 0 Å².